The van der Waals surface area contributed by atoms with Gasteiger partial charge in [0.1, 0.15) is 11.7 Å². The minimum Gasteiger partial charge on any atom is -0.481 e. The van der Waals surface area contributed by atoms with E-state index in [0.717, 1.165) is 25.7 Å². The van der Waals surface area contributed by atoms with Crippen molar-refractivity contribution in [3.05, 3.63) is 12.2 Å². The second kappa shape index (κ2) is 4.61. The maximum absolute atomic E-state index is 11.3. The molecule has 0 aromatic carbocycles. The Hall–Kier alpha value is -1.16. The van der Waals surface area contributed by atoms with Crippen molar-refractivity contribution in [2.45, 2.75) is 50.7 Å². The smallest absolute Gasteiger partial charge is 0.317 e. The number of ether oxygens (including phenoxy) is 1. The molecule has 1 saturated carbocycles. The van der Waals surface area contributed by atoms with Crippen molar-refractivity contribution in [2.24, 2.45) is 5.92 Å². The van der Waals surface area contributed by atoms with Crippen LogP contribution in [0.1, 0.15) is 39.0 Å². The highest BCUT2D eigenvalue weighted by Gasteiger charge is 2.42. The molecule has 4 nitrogen and oxygen atoms in total. The number of carboxylic acids is 1. The van der Waals surface area contributed by atoms with Crippen LogP contribution in [0.4, 0.5) is 0 Å². The van der Waals surface area contributed by atoms with Crippen LogP contribution in [0.3, 0.4) is 0 Å². The SMILES string of the molecule is CC(=O)C(C(=O)O)C1C=CC2(CCCCC2)O1. The Morgan fingerprint density at radius 3 is 2.53 bits per heavy atom. The first kappa shape index (κ1) is 12.3. The van der Waals surface area contributed by atoms with Crippen molar-refractivity contribution in [3.63, 3.8) is 0 Å². The van der Waals surface area contributed by atoms with E-state index in [9.17, 15) is 9.59 Å². The first-order valence-electron chi connectivity index (χ1n) is 6.14. The summed E-state index contributed by atoms with van der Waals surface area (Å²) in [6.45, 7) is 1.31. The number of carbonyl (C=O) groups is 2. The highest BCUT2D eigenvalue weighted by molar-refractivity contribution is 5.97. The largest absolute Gasteiger partial charge is 0.481 e. The van der Waals surface area contributed by atoms with E-state index in [1.807, 2.05) is 6.08 Å². The van der Waals surface area contributed by atoms with E-state index in [1.54, 1.807) is 6.08 Å². The van der Waals surface area contributed by atoms with Crippen LogP contribution in [0.2, 0.25) is 0 Å². The zero-order chi connectivity index (χ0) is 12.5. The summed E-state index contributed by atoms with van der Waals surface area (Å²) in [6.07, 6.45) is 8.42. The minimum absolute atomic E-state index is 0.300. The first-order chi connectivity index (χ1) is 8.04. The van der Waals surface area contributed by atoms with Gasteiger partial charge in [-0.15, -0.1) is 0 Å². The lowest BCUT2D eigenvalue weighted by Crippen LogP contribution is -2.38. The Bertz CT molecular complexity index is 338. The molecule has 0 aromatic rings. The van der Waals surface area contributed by atoms with Gasteiger partial charge in [-0.1, -0.05) is 31.4 Å². The third-order valence-corrected chi connectivity index (χ3v) is 3.69. The molecule has 1 fully saturated rings. The van der Waals surface area contributed by atoms with Crippen molar-refractivity contribution in [3.8, 4) is 0 Å². The lowest BCUT2D eigenvalue weighted by atomic mass is 9.85. The molecule has 1 spiro atoms. The van der Waals surface area contributed by atoms with Gasteiger partial charge in [0.15, 0.2) is 0 Å². The highest BCUT2D eigenvalue weighted by Crippen LogP contribution is 2.39. The van der Waals surface area contributed by atoms with Gasteiger partial charge in [-0.3, -0.25) is 9.59 Å². The van der Waals surface area contributed by atoms with E-state index in [2.05, 4.69) is 0 Å². The number of Topliss-reactive ketones (excluding diaryl/α,β-unsaturated/α-hetero) is 1. The van der Waals surface area contributed by atoms with Crippen LogP contribution in [-0.4, -0.2) is 28.6 Å². The second-order valence-electron chi connectivity index (χ2n) is 4.99. The Kier molecular flexibility index (Phi) is 3.33. The summed E-state index contributed by atoms with van der Waals surface area (Å²) in [5.74, 6) is -2.51. The van der Waals surface area contributed by atoms with Gasteiger partial charge in [0.25, 0.3) is 0 Å². The summed E-state index contributed by atoms with van der Waals surface area (Å²) in [4.78, 5) is 22.4. The van der Waals surface area contributed by atoms with Gasteiger partial charge < -0.3 is 9.84 Å². The van der Waals surface area contributed by atoms with Gasteiger partial charge in [0.2, 0.25) is 0 Å². The Morgan fingerprint density at radius 1 is 1.35 bits per heavy atom. The topological polar surface area (TPSA) is 63.6 Å². The molecule has 0 saturated heterocycles. The standard InChI is InChI=1S/C13H18O4/c1-9(14)11(12(15)16)10-5-8-13(17-10)6-3-2-4-7-13/h5,8,10-11H,2-4,6-7H2,1H3,(H,15,16). The maximum atomic E-state index is 11.3. The Labute approximate surface area is 101 Å². The van der Waals surface area contributed by atoms with Crippen LogP contribution >= 0.6 is 0 Å². The molecule has 1 N–H and O–H groups in total. The lowest BCUT2D eigenvalue weighted by Gasteiger charge is -2.33. The van der Waals surface area contributed by atoms with Gasteiger partial charge >= 0.3 is 5.97 Å². The predicted octanol–water partition coefficient (Wildman–Crippen LogP) is 1.93. The van der Waals surface area contributed by atoms with Crippen LogP contribution in [0.15, 0.2) is 12.2 Å². The third kappa shape index (κ3) is 2.41. The molecule has 94 valence electrons. The molecular weight excluding hydrogens is 220 g/mol. The van der Waals surface area contributed by atoms with Gasteiger partial charge in [-0.2, -0.15) is 0 Å². The Balaban J connectivity index is 2.09. The van der Waals surface area contributed by atoms with E-state index in [-0.39, 0.29) is 11.4 Å². The maximum Gasteiger partial charge on any atom is 0.317 e. The molecule has 2 rings (SSSR count). The van der Waals surface area contributed by atoms with Gasteiger partial charge in [0, 0.05) is 0 Å². The average molecular weight is 238 g/mol. The van der Waals surface area contributed by atoms with E-state index < -0.39 is 18.0 Å². The number of hydrogen-bond acceptors (Lipinski definition) is 3. The highest BCUT2D eigenvalue weighted by atomic mass is 16.5. The molecule has 0 radical (unpaired) electrons. The molecule has 1 aliphatic heterocycles. The van der Waals surface area contributed by atoms with Crippen LogP contribution in [0, 0.1) is 5.92 Å². The molecule has 2 atom stereocenters. The van der Waals surface area contributed by atoms with E-state index >= 15 is 0 Å². The molecule has 2 aliphatic rings. The first-order valence-corrected chi connectivity index (χ1v) is 6.14. The molecule has 1 heterocycles. The predicted molar refractivity (Wildman–Crippen MR) is 61.6 cm³/mol. The third-order valence-electron chi connectivity index (χ3n) is 3.69. The number of aliphatic carboxylic acids is 1. The monoisotopic (exact) mass is 238 g/mol. The molecule has 4 heteroatoms. The number of hydrogen-bond donors (Lipinski definition) is 1. The quantitative estimate of drug-likeness (QED) is 0.602. The van der Waals surface area contributed by atoms with Crippen molar-refractivity contribution in [1.29, 1.82) is 0 Å². The number of ketones is 1. The summed E-state index contributed by atoms with van der Waals surface area (Å²) < 4.78 is 5.86. The molecule has 2 unspecified atom stereocenters. The number of carbonyl (C=O) groups excluding carboxylic acids is 1. The van der Waals surface area contributed by atoms with Crippen LogP contribution in [0.25, 0.3) is 0 Å². The minimum atomic E-state index is -1.10. The molecule has 0 aromatic heterocycles. The fourth-order valence-electron chi connectivity index (χ4n) is 2.78. The van der Waals surface area contributed by atoms with Crippen molar-refractivity contribution < 1.29 is 19.4 Å². The molecule has 1 aliphatic carbocycles. The molecule has 0 amide bonds. The summed E-state index contributed by atoms with van der Waals surface area (Å²) in [7, 11) is 0. The Morgan fingerprint density at radius 2 is 2.00 bits per heavy atom. The van der Waals surface area contributed by atoms with Crippen LogP contribution < -0.4 is 0 Å². The lowest BCUT2D eigenvalue weighted by molar-refractivity contribution is -0.154. The van der Waals surface area contributed by atoms with Crippen molar-refractivity contribution in [1.82, 2.24) is 0 Å². The van der Waals surface area contributed by atoms with Gasteiger partial charge in [-0.05, 0) is 19.8 Å². The summed E-state index contributed by atoms with van der Waals surface area (Å²) in [6, 6.07) is 0. The zero-order valence-electron chi connectivity index (χ0n) is 10.0. The molecule has 0 bridgehead atoms. The zero-order valence-corrected chi connectivity index (χ0v) is 10.0. The van der Waals surface area contributed by atoms with Crippen LogP contribution in [-0.2, 0) is 14.3 Å². The summed E-state index contributed by atoms with van der Waals surface area (Å²) >= 11 is 0. The fourth-order valence-corrected chi connectivity index (χ4v) is 2.78. The second-order valence-corrected chi connectivity index (χ2v) is 4.99. The molecule has 17 heavy (non-hydrogen) atoms. The van der Waals surface area contributed by atoms with Crippen molar-refractivity contribution in [2.75, 3.05) is 0 Å². The normalized spacial score (nSPS) is 28.2. The summed E-state index contributed by atoms with van der Waals surface area (Å²) in [5.41, 5.74) is -0.300. The molecular formula is C13H18O4. The van der Waals surface area contributed by atoms with E-state index in [0.29, 0.717) is 0 Å². The number of rotatable bonds is 3. The van der Waals surface area contributed by atoms with E-state index in [4.69, 9.17) is 9.84 Å². The number of carboxylic acid groups (broad SMARTS) is 1. The average Bonchev–Trinajstić information content (AvgIpc) is 2.62. The van der Waals surface area contributed by atoms with Gasteiger partial charge in [0.05, 0.1) is 11.7 Å². The van der Waals surface area contributed by atoms with Crippen molar-refractivity contribution >= 4 is 11.8 Å². The van der Waals surface area contributed by atoms with Gasteiger partial charge in [-0.25, -0.2) is 0 Å². The van der Waals surface area contributed by atoms with Crippen LogP contribution in [0.5, 0.6) is 0 Å². The fraction of sp³-hybridized carbons (Fsp3) is 0.692. The summed E-state index contributed by atoms with van der Waals surface area (Å²) in [5, 5.41) is 9.06. The van der Waals surface area contributed by atoms with E-state index in [1.165, 1.54) is 13.3 Å².